The fraction of sp³-hybridized carbons (Fsp3) is 0.231. The van der Waals surface area contributed by atoms with Gasteiger partial charge in [-0.2, -0.15) is 0 Å². The first kappa shape index (κ1) is 23.4. The zero-order valence-corrected chi connectivity index (χ0v) is 20.5. The molecule has 1 aliphatic carbocycles. The average Bonchev–Trinajstić information content (AvgIpc) is 3.45. The summed E-state index contributed by atoms with van der Waals surface area (Å²) in [7, 11) is 6.40. The number of hydrogen-bond acceptors (Lipinski definition) is 7. The molecule has 0 atom stereocenters. The largest absolute Gasteiger partial charge is 0.497 e. The summed E-state index contributed by atoms with van der Waals surface area (Å²) in [5.41, 5.74) is 5.88. The van der Waals surface area contributed by atoms with Crippen LogP contribution in [0.15, 0.2) is 47.5 Å². The van der Waals surface area contributed by atoms with E-state index in [9.17, 15) is 4.79 Å². The number of amides is 1. The Kier molecular flexibility index (Phi) is 6.88. The number of rotatable bonds is 8. The van der Waals surface area contributed by atoms with Gasteiger partial charge in [0, 0.05) is 11.6 Å². The van der Waals surface area contributed by atoms with Crippen molar-refractivity contribution in [1.29, 1.82) is 0 Å². The third kappa shape index (κ3) is 4.49. The Balaban J connectivity index is 1.78. The van der Waals surface area contributed by atoms with Crippen LogP contribution in [0.1, 0.15) is 30.0 Å². The van der Waals surface area contributed by atoms with Gasteiger partial charge in [-0.25, -0.2) is 4.98 Å². The van der Waals surface area contributed by atoms with Crippen LogP contribution < -0.4 is 24.3 Å². The minimum Gasteiger partial charge on any atom is -0.497 e. The maximum Gasteiger partial charge on any atom is 0.230 e. The van der Waals surface area contributed by atoms with Crippen LogP contribution >= 0.6 is 11.3 Å². The van der Waals surface area contributed by atoms with Crippen molar-refractivity contribution in [2.45, 2.75) is 13.3 Å². The quantitative estimate of drug-likeness (QED) is 0.458. The van der Waals surface area contributed by atoms with Crippen LogP contribution in [-0.4, -0.2) is 39.3 Å². The molecule has 7 nitrogen and oxygen atoms in total. The highest BCUT2D eigenvalue weighted by atomic mass is 32.1. The lowest BCUT2D eigenvalue weighted by Gasteiger charge is -2.13. The standard InChI is InChI=1S/C26H26N2O5S/c1-15-19(10-16-11-22(31-3)25(33-5)23(12-16)32-4)18-7-6-17(30-2)13-21(18)20(15)14-24(29)28-26-27-8-9-34-26/h6-13H,14H2,1-5H3,(H,27,28,29). The summed E-state index contributed by atoms with van der Waals surface area (Å²) >= 11 is 1.39. The van der Waals surface area contributed by atoms with Gasteiger partial charge in [0.15, 0.2) is 16.6 Å². The average molecular weight is 479 g/mol. The van der Waals surface area contributed by atoms with Gasteiger partial charge in [-0.05, 0) is 70.7 Å². The fourth-order valence-corrected chi connectivity index (χ4v) is 4.62. The summed E-state index contributed by atoms with van der Waals surface area (Å²) in [6, 6.07) is 9.72. The number of thiazole rings is 1. The number of carbonyl (C=O) groups excluding carboxylic acids is 1. The maximum absolute atomic E-state index is 12.8. The topological polar surface area (TPSA) is 78.9 Å². The highest BCUT2D eigenvalue weighted by molar-refractivity contribution is 7.13. The molecule has 0 unspecified atom stereocenters. The van der Waals surface area contributed by atoms with Crippen LogP contribution in [0.5, 0.6) is 23.0 Å². The normalized spacial score (nSPS) is 13.6. The Morgan fingerprint density at radius 3 is 2.32 bits per heavy atom. The van der Waals surface area contributed by atoms with E-state index in [0.717, 1.165) is 39.2 Å². The zero-order chi connectivity index (χ0) is 24.2. The molecule has 2 aromatic carbocycles. The Labute approximate surface area is 202 Å². The third-order valence-electron chi connectivity index (χ3n) is 5.71. The van der Waals surface area contributed by atoms with Crippen molar-refractivity contribution in [3.63, 3.8) is 0 Å². The Hall–Kier alpha value is -3.78. The van der Waals surface area contributed by atoms with Gasteiger partial charge in [0.2, 0.25) is 11.7 Å². The molecule has 0 spiro atoms. The number of nitrogens with zero attached hydrogens (tertiary/aromatic N) is 1. The van der Waals surface area contributed by atoms with Crippen LogP contribution in [0.3, 0.4) is 0 Å². The number of nitrogens with one attached hydrogen (secondary N) is 1. The van der Waals surface area contributed by atoms with E-state index in [1.165, 1.54) is 11.3 Å². The first-order chi connectivity index (χ1) is 16.5. The first-order valence-corrected chi connectivity index (χ1v) is 11.5. The Morgan fingerprint density at radius 1 is 1.00 bits per heavy atom. The summed E-state index contributed by atoms with van der Waals surface area (Å²) in [5.74, 6) is 2.30. The zero-order valence-electron chi connectivity index (χ0n) is 19.7. The highest BCUT2D eigenvalue weighted by Gasteiger charge is 2.26. The molecule has 4 rings (SSSR count). The molecule has 1 heterocycles. The second kappa shape index (κ2) is 10.0. The molecule has 0 aliphatic heterocycles. The van der Waals surface area contributed by atoms with Gasteiger partial charge in [0.1, 0.15) is 5.75 Å². The molecular formula is C26H26N2O5S. The molecule has 1 aliphatic rings. The van der Waals surface area contributed by atoms with Gasteiger partial charge in [-0.1, -0.05) is 6.07 Å². The van der Waals surface area contributed by atoms with Crippen LogP contribution in [-0.2, 0) is 4.79 Å². The van der Waals surface area contributed by atoms with Crippen molar-refractivity contribution >= 4 is 39.6 Å². The van der Waals surface area contributed by atoms with E-state index < -0.39 is 0 Å². The van der Waals surface area contributed by atoms with Crippen LogP contribution in [0.4, 0.5) is 5.13 Å². The molecule has 0 saturated carbocycles. The molecule has 0 saturated heterocycles. The Bertz CT molecular complexity index is 1250. The minimum absolute atomic E-state index is 0.118. The first-order valence-electron chi connectivity index (χ1n) is 10.6. The summed E-state index contributed by atoms with van der Waals surface area (Å²) in [4.78, 5) is 16.9. The van der Waals surface area contributed by atoms with E-state index in [1.54, 1.807) is 34.6 Å². The summed E-state index contributed by atoms with van der Waals surface area (Å²) in [5, 5.41) is 5.28. The SMILES string of the molecule is COc1ccc2c(c1)C(CC(=O)Nc1nccs1)=C(C)C2=Cc1cc(OC)c(OC)c(OC)c1. The maximum atomic E-state index is 12.8. The molecule has 0 bridgehead atoms. The van der Waals surface area contributed by atoms with E-state index in [-0.39, 0.29) is 12.3 Å². The molecule has 1 amide bonds. The number of aromatic nitrogens is 1. The van der Waals surface area contributed by atoms with Crippen molar-refractivity contribution in [2.24, 2.45) is 0 Å². The predicted molar refractivity (Wildman–Crippen MR) is 135 cm³/mol. The smallest absolute Gasteiger partial charge is 0.230 e. The number of allylic oxidation sites excluding steroid dienone is 2. The highest BCUT2D eigenvalue weighted by Crippen LogP contribution is 2.46. The third-order valence-corrected chi connectivity index (χ3v) is 6.40. The van der Waals surface area contributed by atoms with Crippen LogP contribution in [0.25, 0.3) is 17.2 Å². The van der Waals surface area contributed by atoms with E-state index in [0.29, 0.717) is 22.4 Å². The number of fused-ring (bicyclic) bond motifs is 1. The molecule has 3 aromatic rings. The number of anilines is 1. The predicted octanol–water partition coefficient (Wildman–Crippen LogP) is 5.53. The van der Waals surface area contributed by atoms with Crippen LogP contribution in [0, 0.1) is 0 Å². The number of benzene rings is 2. The summed E-state index contributed by atoms with van der Waals surface area (Å²) < 4.78 is 21.9. The number of hydrogen-bond donors (Lipinski definition) is 1. The Morgan fingerprint density at radius 2 is 1.74 bits per heavy atom. The summed E-state index contributed by atoms with van der Waals surface area (Å²) in [6.45, 7) is 2.03. The van der Waals surface area contributed by atoms with Crippen molar-refractivity contribution in [1.82, 2.24) is 4.98 Å². The molecular weight excluding hydrogens is 452 g/mol. The fourth-order valence-electron chi connectivity index (χ4n) is 4.08. The van der Waals surface area contributed by atoms with Gasteiger partial charge in [0.25, 0.3) is 0 Å². The van der Waals surface area contributed by atoms with Gasteiger partial charge >= 0.3 is 0 Å². The number of carbonyl (C=O) groups is 1. The van der Waals surface area contributed by atoms with Gasteiger partial charge < -0.3 is 24.3 Å². The lowest BCUT2D eigenvalue weighted by Crippen LogP contribution is -2.11. The molecule has 0 fully saturated rings. The molecule has 176 valence electrons. The van der Waals surface area contributed by atoms with E-state index in [2.05, 4.69) is 16.4 Å². The van der Waals surface area contributed by atoms with Crippen molar-refractivity contribution in [2.75, 3.05) is 33.8 Å². The molecule has 0 radical (unpaired) electrons. The van der Waals surface area contributed by atoms with E-state index in [1.807, 2.05) is 42.6 Å². The molecule has 1 aromatic heterocycles. The van der Waals surface area contributed by atoms with E-state index >= 15 is 0 Å². The lowest BCUT2D eigenvalue weighted by atomic mass is 10.00. The van der Waals surface area contributed by atoms with Gasteiger partial charge in [-0.3, -0.25) is 4.79 Å². The molecule has 34 heavy (non-hydrogen) atoms. The van der Waals surface area contributed by atoms with Gasteiger partial charge in [0.05, 0.1) is 34.9 Å². The number of ether oxygens (including phenoxy) is 4. The molecule has 8 heteroatoms. The van der Waals surface area contributed by atoms with E-state index in [4.69, 9.17) is 18.9 Å². The molecule has 1 N–H and O–H groups in total. The number of methoxy groups -OCH3 is 4. The van der Waals surface area contributed by atoms with Crippen molar-refractivity contribution in [3.05, 3.63) is 64.2 Å². The second-order valence-corrected chi connectivity index (χ2v) is 8.49. The second-order valence-electron chi connectivity index (χ2n) is 7.59. The van der Waals surface area contributed by atoms with Crippen molar-refractivity contribution in [3.8, 4) is 23.0 Å². The summed E-state index contributed by atoms with van der Waals surface area (Å²) in [6.07, 6.45) is 3.95. The van der Waals surface area contributed by atoms with Crippen molar-refractivity contribution < 1.29 is 23.7 Å². The minimum atomic E-state index is -0.118. The monoisotopic (exact) mass is 478 g/mol. The lowest BCUT2D eigenvalue weighted by molar-refractivity contribution is -0.115. The van der Waals surface area contributed by atoms with Crippen LogP contribution in [0.2, 0.25) is 0 Å². The van der Waals surface area contributed by atoms with Gasteiger partial charge in [-0.15, -0.1) is 11.3 Å².